The Hall–Kier alpha value is -3.64. The first-order valence-electron chi connectivity index (χ1n) is 11.7. The van der Waals surface area contributed by atoms with Crippen molar-refractivity contribution in [2.45, 2.75) is 32.2 Å². The number of aromatic nitrogens is 2. The number of para-hydroxylation sites is 3. The molecule has 180 valence electrons. The van der Waals surface area contributed by atoms with Gasteiger partial charge < -0.3 is 14.6 Å². The van der Waals surface area contributed by atoms with E-state index in [-0.39, 0.29) is 18.2 Å². The molecule has 0 spiro atoms. The largest absolute Gasteiger partial charge is 0.496 e. The van der Waals surface area contributed by atoms with E-state index in [2.05, 4.69) is 5.32 Å². The van der Waals surface area contributed by atoms with Crippen molar-refractivity contribution >= 4 is 34.3 Å². The maximum absolute atomic E-state index is 12.9. The number of carbonyl (C=O) groups is 2. The SMILES string of the molecule is COc1ccccc1C(=O)NCCCCCc1nc2ccccc2n1CC(=O)c1ccc(Cl)cc1. The Morgan fingerprint density at radius 2 is 1.69 bits per heavy atom. The minimum Gasteiger partial charge on any atom is -0.496 e. The second kappa shape index (κ2) is 11.7. The van der Waals surface area contributed by atoms with Crippen LogP contribution in [0, 0.1) is 0 Å². The fourth-order valence-corrected chi connectivity index (χ4v) is 4.20. The number of amides is 1. The lowest BCUT2D eigenvalue weighted by Crippen LogP contribution is -2.24. The zero-order valence-electron chi connectivity index (χ0n) is 19.7. The summed E-state index contributed by atoms with van der Waals surface area (Å²) in [6, 6.07) is 22.0. The predicted molar refractivity (Wildman–Crippen MR) is 138 cm³/mol. The highest BCUT2D eigenvalue weighted by Gasteiger charge is 2.15. The molecule has 6 nitrogen and oxygen atoms in total. The van der Waals surface area contributed by atoms with Gasteiger partial charge in [0.1, 0.15) is 11.6 Å². The fourth-order valence-electron chi connectivity index (χ4n) is 4.08. The molecule has 1 amide bonds. The minimum absolute atomic E-state index is 0.0186. The van der Waals surface area contributed by atoms with E-state index in [1.807, 2.05) is 41.0 Å². The summed E-state index contributed by atoms with van der Waals surface area (Å²) in [5.41, 5.74) is 3.00. The van der Waals surface area contributed by atoms with Crippen LogP contribution in [0.15, 0.2) is 72.8 Å². The third-order valence-electron chi connectivity index (χ3n) is 5.92. The number of aryl methyl sites for hydroxylation is 1. The Kier molecular flexibility index (Phi) is 8.16. The van der Waals surface area contributed by atoms with Crippen LogP contribution in [0.25, 0.3) is 11.0 Å². The standard InChI is InChI=1S/C28H28ClN3O3/c1-35-26-12-7-4-9-22(26)28(34)30-18-8-2-3-13-27-31-23-10-5-6-11-24(23)32(27)19-25(33)20-14-16-21(29)17-15-20/h4-7,9-12,14-17H,2-3,8,13,18-19H2,1H3,(H,30,34). The van der Waals surface area contributed by atoms with Gasteiger partial charge in [0.2, 0.25) is 0 Å². The van der Waals surface area contributed by atoms with Gasteiger partial charge in [-0.05, 0) is 61.4 Å². The number of hydrogen-bond acceptors (Lipinski definition) is 4. The number of carbonyl (C=O) groups excluding carboxylic acids is 2. The lowest BCUT2D eigenvalue weighted by atomic mass is 10.1. The van der Waals surface area contributed by atoms with Crippen molar-refractivity contribution in [1.82, 2.24) is 14.9 Å². The van der Waals surface area contributed by atoms with Crippen LogP contribution < -0.4 is 10.1 Å². The van der Waals surface area contributed by atoms with E-state index in [1.165, 1.54) is 0 Å². The number of nitrogens with one attached hydrogen (secondary N) is 1. The lowest BCUT2D eigenvalue weighted by molar-refractivity contribution is 0.0947. The first-order valence-corrected chi connectivity index (χ1v) is 12.1. The molecule has 4 aromatic rings. The molecule has 0 unspecified atom stereocenters. The van der Waals surface area contributed by atoms with Crippen molar-refractivity contribution in [2.75, 3.05) is 13.7 Å². The number of hydrogen-bond donors (Lipinski definition) is 1. The van der Waals surface area contributed by atoms with Gasteiger partial charge in [0, 0.05) is 23.6 Å². The molecule has 1 aromatic heterocycles. The average Bonchev–Trinajstić information content (AvgIpc) is 3.23. The summed E-state index contributed by atoms with van der Waals surface area (Å²) in [4.78, 5) is 30.1. The van der Waals surface area contributed by atoms with E-state index in [9.17, 15) is 9.59 Å². The molecule has 3 aromatic carbocycles. The summed E-state index contributed by atoms with van der Waals surface area (Å²) >= 11 is 5.96. The number of ether oxygens (including phenoxy) is 1. The molecule has 0 atom stereocenters. The number of nitrogens with zero attached hydrogens (tertiary/aromatic N) is 2. The molecule has 0 aliphatic rings. The Balaban J connectivity index is 1.33. The molecule has 1 N–H and O–H groups in total. The molecule has 0 bridgehead atoms. The third-order valence-corrected chi connectivity index (χ3v) is 6.17. The van der Waals surface area contributed by atoms with E-state index in [1.54, 1.807) is 43.5 Å². The zero-order valence-corrected chi connectivity index (χ0v) is 20.4. The van der Waals surface area contributed by atoms with Gasteiger partial charge in [-0.3, -0.25) is 9.59 Å². The van der Waals surface area contributed by atoms with Gasteiger partial charge in [-0.15, -0.1) is 0 Å². The highest BCUT2D eigenvalue weighted by Crippen LogP contribution is 2.20. The van der Waals surface area contributed by atoms with Crippen molar-refractivity contribution in [3.05, 3.63) is 94.8 Å². The zero-order chi connectivity index (χ0) is 24.6. The highest BCUT2D eigenvalue weighted by molar-refractivity contribution is 6.30. The number of imidazole rings is 1. The molecule has 35 heavy (non-hydrogen) atoms. The monoisotopic (exact) mass is 489 g/mol. The topological polar surface area (TPSA) is 73.2 Å². The first kappa shape index (κ1) is 24.5. The number of methoxy groups -OCH3 is 1. The van der Waals surface area contributed by atoms with E-state index >= 15 is 0 Å². The van der Waals surface area contributed by atoms with Crippen LogP contribution in [-0.2, 0) is 13.0 Å². The molecule has 0 fully saturated rings. The molecule has 0 saturated heterocycles. The summed E-state index contributed by atoms with van der Waals surface area (Å²) in [7, 11) is 1.56. The highest BCUT2D eigenvalue weighted by atomic mass is 35.5. The van der Waals surface area contributed by atoms with Gasteiger partial charge in [0.15, 0.2) is 5.78 Å². The molecule has 0 aliphatic carbocycles. The molecule has 1 heterocycles. The lowest BCUT2D eigenvalue weighted by Gasteiger charge is -2.10. The molecular weight excluding hydrogens is 462 g/mol. The number of rotatable bonds is 11. The van der Waals surface area contributed by atoms with Gasteiger partial charge in [0.05, 0.1) is 30.3 Å². The van der Waals surface area contributed by atoms with E-state index < -0.39 is 0 Å². The maximum Gasteiger partial charge on any atom is 0.255 e. The quantitative estimate of drug-likeness (QED) is 0.216. The van der Waals surface area contributed by atoms with Crippen molar-refractivity contribution in [2.24, 2.45) is 0 Å². The smallest absolute Gasteiger partial charge is 0.255 e. The molecule has 0 aliphatic heterocycles. The molecule has 0 saturated carbocycles. The fraction of sp³-hybridized carbons (Fsp3) is 0.250. The van der Waals surface area contributed by atoms with Crippen LogP contribution in [0.5, 0.6) is 5.75 Å². The summed E-state index contributed by atoms with van der Waals surface area (Å²) in [6.07, 6.45) is 3.44. The summed E-state index contributed by atoms with van der Waals surface area (Å²) in [5.74, 6) is 1.35. The number of unbranched alkanes of at least 4 members (excludes halogenated alkanes) is 2. The summed E-state index contributed by atoms with van der Waals surface area (Å²) in [5, 5.41) is 3.57. The first-order chi connectivity index (χ1) is 17.1. The Morgan fingerprint density at radius 3 is 2.49 bits per heavy atom. The molecular formula is C28H28ClN3O3. The van der Waals surface area contributed by atoms with Crippen LogP contribution in [0.2, 0.25) is 5.02 Å². The van der Waals surface area contributed by atoms with Crippen LogP contribution in [0.1, 0.15) is 45.8 Å². The minimum atomic E-state index is -0.134. The van der Waals surface area contributed by atoms with Gasteiger partial charge in [-0.25, -0.2) is 4.98 Å². The van der Waals surface area contributed by atoms with Gasteiger partial charge in [0.25, 0.3) is 5.91 Å². The van der Waals surface area contributed by atoms with E-state index in [0.29, 0.717) is 28.4 Å². The van der Waals surface area contributed by atoms with Gasteiger partial charge in [-0.1, -0.05) is 42.3 Å². The van der Waals surface area contributed by atoms with Crippen molar-refractivity contribution in [3.63, 3.8) is 0 Å². The number of ketones is 1. The van der Waals surface area contributed by atoms with Crippen LogP contribution in [0.4, 0.5) is 0 Å². The van der Waals surface area contributed by atoms with Crippen molar-refractivity contribution in [3.8, 4) is 5.75 Å². The third kappa shape index (κ3) is 6.08. The second-order valence-corrected chi connectivity index (χ2v) is 8.74. The van der Waals surface area contributed by atoms with Crippen LogP contribution in [-0.4, -0.2) is 34.9 Å². The van der Waals surface area contributed by atoms with Crippen LogP contribution >= 0.6 is 11.6 Å². The number of benzene rings is 3. The van der Waals surface area contributed by atoms with E-state index in [0.717, 1.165) is 42.5 Å². The van der Waals surface area contributed by atoms with Crippen molar-refractivity contribution < 1.29 is 14.3 Å². The normalized spacial score (nSPS) is 10.9. The molecule has 7 heteroatoms. The van der Waals surface area contributed by atoms with Crippen molar-refractivity contribution in [1.29, 1.82) is 0 Å². The Morgan fingerprint density at radius 1 is 0.943 bits per heavy atom. The van der Waals surface area contributed by atoms with Gasteiger partial charge >= 0.3 is 0 Å². The number of Topliss-reactive ketones (excluding diaryl/α,β-unsaturated/α-hetero) is 1. The second-order valence-electron chi connectivity index (χ2n) is 8.30. The number of halogens is 1. The Bertz CT molecular complexity index is 1310. The summed E-state index contributed by atoms with van der Waals surface area (Å²) in [6.45, 7) is 0.814. The summed E-state index contributed by atoms with van der Waals surface area (Å²) < 4.78 is 7.27. The predicted octanol–water partition coefficient (Wildman–Crippen LogP) is 5.72. The maximum atomic E-state index is 12.9. The molecule has 0 radical (unpaired) electrons. The average molecular weight is 490 g/mol. The Labute approximate surface area is 209 Å². The van der Waals surface area contributed by atoms with Crippen LogP contribution in [0.3, 0.4) is 0 Å². The van der Waals surface area contributed by atoms with Gasteiger partial charge in [-0.2, -0.15) is 0 Å². The van der Waals surface area contributed by atoms with E-state index in [4.69, 9.17) is 21.3 Å². The molecule has 4 rings (SSSR count). The number of fused-ring (bicyclic) bond motifs is 1.